The second-order valence-corrected chi connectivity index (χ2v) is 7.27. The first-order chi connectivity index (χ1) is 12.7. The second-order valence-electron chi connectivity index (χ2n) is 7.27. The van der Waals surface area contributed by atoms with Crippen molar-refractivity contribution in [1.82, 2.24) is 20.0 Å². The van der Waals surface area contributed by atoms with Crippen molar-refractivity contribution in [3.8, 4) is 0 Å². The highest BCUT2D eigenvalue weighted by atomic mass is 35.5. The number of rotatable bonds is 4. The summed E-state index contributed by atoms with van der Waals surface area (Å²) in [5, 5.41) is 7.68. The number of aromatic nitrogens is 2. The normalized spacial score (nSPS) is 25.2. The fourth-order valence-electron chi connectivity index (χ4n) is 4.13. The third-order valence-electron chi connectivity index (χ3n) is 5.51. The molecule has 27 heavy (non-hydrogen) atoms. The molecular weight excluding hydrogens is 364 g/mol. The Kier molecular flexibility index (Phi) is 6.52. The maximum Gasteiger partial charge on any atom is 0.228 e. The molecule has 1 aromatic heterocycles. The maximum atomic E-state index is 13.4. The Morgan fingerprint density at radius 3 is 2.85 bits per heavy atom. The molecule has 2 aromatic rings. The number of hydrogen-bond donors (Lipinski definition) is 1. The van der Waals surface area contributed by atoms with Gasteiger partial charge >= 0.3 is 0 Å². The SMILES string of the molecule is Cl.Cn1cc([C@H]2CNC[C@@H]2C(=O)N2CCOCC2Cc2ccccc2)cn1. The minimum Gasteiger partial charge on any atom is -0.377 e. The second kappa shape index (κ2) is 8.87. The molecule has 1 N–H and O–H groups in total. The highest BCUT2D eigenvalue weighted by molar-refractivity contribution is 5.85. The fraction of sp³-hybridized carbons (Fsp3) is 0.500. The molecule has 0 saturated carbocycles. The van der Waals surface area contributed by atoms with Gasteiger partial charge in [0.25, 0.3) is 0 Å². The van der Waals surface area contributed by atoms with Crippen molar-refractivity contribution in [1.29, 1.82) is 0 Å². The lowest BCUT2D eigenvalue weighted by atomic mass is 9.89. The molecule has 3 atom stereocenters. The van der Waals surface area contributed by atoms with Crippen LogP contribution in [0.2, 0.25) is 0 Å². The molecule has 0 spiro atoms. The number of nitrogens with zero attached hydrogens (tertiary/aromatic N) is 3. The number of aryl methyl sites for hydroxylation is 1. The van der Waals surface area contributed by atoms with E-state index >= 15 is 0 Å². The molecule has 4 rings (SSSR count). The third kappa shape index (κ3) is 4.34. The minimum atomic E-state index is -0.0319. The quantitative estimate of drug-likeness (QED) is 0.861. The number of morpholine rings is 1. The largest absolute Gasteiger partial charge is 0.377 e. The number of amides is 1. The van der Waals surface area contributed by atoms with Crippen LogP contribution in [0.3, 0.4) is 0 Å². The van der Waals surface area contributed by atoms with Gasteiger partial charge in [0, 0.05) is 38.8 Å². The molecule has 2 fully saturated rings. The first-order valence-electron chi connectivity index (χ1n) is 9.34. The molecule has 6 nitrogen and oxygen atoms in total. The zero-order valence-electron chi connectivity index (χ0n) is 15.6. The van der Waals surface area contributed by atoms with Crippen molar-refractivity contribution in [2.75, 3.05) is 32.8 Å². The van der Waals surface area contributed by atoms with Crippen molar-refractivity contribution >= 4 is 18.3 Å². The van der Waals surface area contributed by atoms with Crippen LogP contribution in [0.15, 0.2) is 42.7 Å². The van der Waals surface area contributed by atoms with Crippen LogP contribution < -0.4 is 5.32 Å². The van der Waals surface area contributed by atoms with E-state index in [1.807, 2.05) is 42.3 Å². The predicted octanol–water partition coefficient (Wildman–Crippen LogP) is 1.61. The Morgan fingerprint density at radius 2 is 2.11 bits per heavy atom. The van der Waals surface area contributed by atoms with Gasteiger partial charge in [-0.15, -0.1) is 12.4 Å². The van der Waals surface area contributed by atoms with Crippen molar-refractivity contribution in [3.63, 3.8) is 0 Å². The summed E-state index contributed by atoms with van der Waals surface area (Å²) in [5.74, 6) is 0.403. The molecule has 1 unspecified atom stereocenters. The van der Waals surface area contributed by atoms with Gasteiger partial charge in [0.05, 0.1) is 31.4 Å². The van der Waals surface area contributed by atoms with Crippen LogP contribution >= 0.6 is 12.4 Å². The van der Waals surface area contributed by atoms with Gasteiger partial charge in [0.1, 0.15) is 0 Å². The average molecular weight is 391 g/mol. The van der Waals surface area contributed by atoms with Crippen molar-refractivity contribution in [2.45, 2.75) is 18.4 Å². The summed E-state index contributed by atoms with van der Waals surface area (Å²) < 4.78 is 7.50. The Hall–Kier alpha value is -1.89. The van der Waals surface area contributed by atoms with E-state index in [9.17, 15) is 4.79 Å². The molecule has 3 heterocycles. The highest BCUT2D eigenvalue weighted by Crippen LogP contribution is 2.30. The molecular formula is C20H27ClN4O2. The molecule has 1 aromatic carbocycles. The Labute approximate surface area is 166 Å². The molecule has 0 radical (unpaired) electrons. The zero-order chi connectivity index (χ0) is 17.9. The number of benzene rings is 1. The molecule has 1 amide bonds. The Balaban J connectivity index is 0.00000210. The summed E-state index contributed by atoms with van der Waals surface area (Å²) in [7, 11) is 1.92. The van der Waals surface area contributed by atoms with E-state index in [-0.39, 0.29) is 36.2 Å². The first-order valence-corrected chi connectivity index (χ1v) is 9.34. The van der Waals surface area contributed by atoms with E-state index in [2.05, 4.69) is 27.4 Å². The molecule has 2 aliphatic heterocycles. The van der Waals surface area contributed by atoms with Gasteiger partial charge in [-0.3, -0.25) is 9.48 Å². The van der Waals surface area contributed by atoms with Crippen LogP contribution in [-0.4, -0.2) is 59.5 Å². The smallest absolute Gasteiger partial charge is 0.228 e. The lowest BCUT2D eigenvalue weighted by Crippen LogP contribution is -2.52. The monoisotopic (exact) mass is 390 g/mol. The summed E-state index contributed by atoms with van der Waals surface area (Å²) >= 11 is 0. The van der Waals surface area contributed by atoms with E-state index in [1.165, 1.54) is 5.56 Å². The van der Waals surface area contributed by atoms with Crippen molar-refractivity contribution in [3.05, 3.63) is 53.9 Å². The van der Waals surface area contributed by atoms with Crippen LogP contribution in [0.1, 0.15) is 17.0 Å². The van der Waals surface area contributed by atoms with Crippen molar-refractivity contribution < 1.29 is 9.53 Å². The van der Waals surface area contributed by atoms with Crippen LogP contribution in [0.25, 0.3) is 0 Å². The summed E-state index contributed by atoms with van der Waals surface area (Å²) in [6.07, 6.45) is 4.75. The average Bonchev–Trinajstić information content (AvgIpc) is 3.31. The number of carbonyl (C=O) groups is 1. The standard InChI is InChI=1S/C20H26N4O2.ClH/c1-23-13-16(10-22-23)18-11-21-12-19(18)20(25)24-7-8-26-14-17(24)9-15-5-3-2-4-6-15;/h2-6,10,13,17-19,21H,7-9,11-12,14H2,1H3;1H/t17?,18-,19+;/m1./s1. The summed E-state index contributed by atoms with van der Waals surface area (Å²) in [6.45, 7) is 3.46. The zero-order valence-corrected chi connectivity index (χ0v) is 16.4. The fourth-order valence-corrected chi connectivity index (χ4v) is 4.13. The van der Waals surface area contributed by atoms with Crippen LogP contribution in [0, 0.1) is 5.92 Å². The van der Waals surface area contributed by atoms with Gasteiger partial charge in [-0.2, -0.15) is 5.10 Å². The van der Waals surface area contributed by atoms with Crippen LogP contribution in [0.5, 0.6) is 0 Å². The summed E-state index contributed by atoms with van der Waals surface area (Å²) in [5.41, 5.74) is 2.39. The molecule has 0 aliphatic carbocycles. The molecule has 7 heteroatoms. The van der Waals surface area contributed by atoms with Gasteiger partial charge in [0.2, 0.25) is 5.91 Å². The molecule has 2 saturated heterocycles. The molecule has 2 aliphatic rings. The van der Waals surface area contributed by atoms with E-state index < -0.39 is 0 Å². The topological polar surface area (TPSA) is 59.4 Å². The van der Waals surface area contributed by atoms with Gasteiger partial charge in [0.15, 0.2) is 0 Å². The lowest BCUT2D eigenvalue weighted by molar-refractivity contribution is -0.144. The predicted molar refractivity (Wildman–Crippen MR) is 106 cm³/mol. The highest BCUT2D eigenvalue weighted by Gasteiger charge is 2.39. The third-order valence-corrected chi connectivity index (χ3v) is 5.51. The maximum absolute atomic E-state index is 13.4. The summed E-state index contributed by atoms with van der Waals surface area (Å²) in [6, 6.07) is 10.5. The van der Waals surface area contributed by atoms with Crippen molar-refractivity contribution in [2.24, 2.45) is 13.0 Å². The molecule has 146 valence electrons. The van der Waals surface area contributed by atoms with Gasteiger partial charge < -0.3 is 15.0 Å². The number of hydrogen-bond acceptors (Lipinski definition) is 4. The lowest BCUT2D eigenvalue weighted by Gasteiger charge is -2.38. The van der Waals surface area contributed by atoms with Crippen LogP contribution in [-0.2, 0) is 23.0 Å². The van der Waals surface area contributed by atoms with E-state index in [0.717, 1.165) is 25.1 Å². The van der Waals surface area contributed by atoms with E-state index in [1.54, 1.807) is 0 Å². The Bertz CT molecular complexity index is 751. The number of halogens is 1. The van der Waals surface area contributed by atoms with Crippen LogP contribution in [0.4, 0.5) is 0 Å². The number of nitrogens with one attached hydrogen (secondary N) is 1. The molecule has 0 bridgehead atoms. The van der Waals surface area contributed by atoms with Gasteiger partial charge in [-0.1, -0.05) is 30.3 Å². The first kappa shape index (κ1) is 19.9. The minimum absolute atomic E-state index is 0. The number of carbonyl (C=O) groups excluding carboxylic acids is 1. The Morgan fingerprint density at radius 1 is 1.30 bits per heavy atom. The van der Waals surface area contributed by atoms with E-state index in [4.69, 9.17) is 4.74 Å². The summed E-state index contributed by atoms with van der Waals surface area (Å²) in [4.78, 5) is 15.4. The van der Waals surface area contributed by atoms with Gasteiger partial charge in [-0.05, 0) is 17.5 Å². The van der Waals surface area contributed by atoms with Gasteiger partial charge in [-0.25, -0.2) is 0 Å². The van der Waals surface area contributed by atoms with E-state index in [0.29, 0.717) is 19.8 Å². The number of ether oxygens (including phenoxy) is 1.